The van der Waals surface area contributed by atoms with Gasteiger partial charge in [0.2, 0.25) is 0 Å². The van der Waals surface area contributed by atoms with Crippen molar-refractivity contribution in [2.45, 2.75) is 46.1 Å². The average Bonchev–Trinajstić information content (AvgIpc) is 2.52. The Hall–Kier alpha value is -1.55. The van der Waals surface area contributed by atoms with Gasteiger partial charge < -0.3 is 15.1 Å². The molecule has 1 heterocycles. The zero-order chi connectivity index (χ0) is 16.8. The molecule has 0 unspecified atom stereocenters. The molecule has 1 aromatic carbocycles. The first kappa shape index (κ1) is 17.8. The number of piperidine rings is 1. The van der Waals surface area contributed by atoms with Crippen molar-refractivity contribution in [2.75, 3.05) is 32.0 Å². The monoisotopic (exact) mass is 317 g/mol. The third-order valence-electron chi connectivity index (χ3n) is 4.70. The van der Waals surface area contributed by atoms with Crippen LogP contribution < -0.4 is 5.32 Å². The molecule has 1 saturated heterocycles. The van der Waals surface area contributed by atoms with Crippen molar-refractivity contribution in [3.8, 4) is 0 Å². The number of hydrogen-bond acceptors (Lipinski definition) is 2. The summed E-state index contributed by atoms with van der Waals surface area (Å²) in [5, 5.41) is 3.01. The lowest BCUT2D eigenvalue weighted by Crippen LogP contribution is -2.47. The zero-order valence-corrected chi connectivity index (χ0v) is 15.0. The van der Waals surface area contributed by atoms with E-state index in [1.165, 1.54) is 6.42 Å². The van der Waals surface area contributed by atoms with Crippen LogP contribution in [0.3, 0.4) is 0 Å². The number of likely N-dealkylation sites (tertiary alicyclic amines) is 1. The number of nitrogens with zero attached hydrogens (tertiary/aromatic N) is 2. The van der Waals surface area contributed by atoms with Crippen molar-refractivity contribution in [3.05, 3.63) is 29.8 Å². The maximum atomic E-state index is 12.4. The van der Waals surface area contributed by atoms with Gasteiger partial charge in [-0.2, -0.15) is 0 Å². The first-order chi connectivity index (χ1) is 11.0. The van der Waals surface area contributed by atoms with Gasteiger partial charge in [-0.15, -0.1) is 0 Å². The van der Waals surface area contributed by atoms with Gasteiger partial charge in [0.05, 0.1) is 0 Å². The lowest BCUT2D eigenvalue weighted by molar-refractivity contribution is 0.137. The summed E-state index contributed by atoms with van der Waals surface area (Å²) < 4.78 is 0. The standard InChI is InChI=1S/C19H31N3O/c1-15(2)8-11-21(4)18-9-12-22(13-10-18)19(23)20-17-7-5-6-16(3)14-17/h5-7,14-15,18H,8-13H2,1-4H3,(H,20,23). The largest absolute Gasteiger partial charge is 0.324 e. The van der Waals surface area contributed by atoms with E-state index in [2.05, 4.69) is 31.1 Å². The van der Waals surface area contributed by atoms with Crippen LogP contribution in [0, 0.1) is 12.8 Å². The molecule has 2 amide bonds. The van der Waals surface area contributed by atoms with Crippen LogP contribution in [0.5, 0.6) is 0 Å². The maximum Gasteiger partial charge on any atom is 0.321 e. The molecule has 1 N–H and O–H groups in total. The number of urea groups is 1. The second-order valence-corrected chi connectivity index (χ2v) is 7.18. The molecule has 1 fully saturated rings. The number of nitrogens with one attached hydrogen (secondary N) is 1. The number of rotatable bonds is 5. The van der Waals surface area contributed by atoms with Gasteiger partial charge in [0.1, 0.15) is 0 Å². The Bertz CT molecular complexity index is 507. The summed E-state index contributed by atoms with van der Waals surface area (Å²) >= 11 is 0. The Balaban J connectivity index is 1.78. The van der Waals surface area contributed by atoms with Crippen molar-refractivity contribution in [2.24, 2.45) is 5.92 Å². The Morgan fingerprint density at radius 1 is 1.35 bits per heavy atom. The summed E-state index contributed by atoms with van der Waals surface area (Å²) in [6.07, 6.45) is 3.37. The highest BCUT2D eigenvalue weighted by Crippen LogP contribution is 2.18. The third kappa shape index (κ3) is 5.54. The van der Waals surface area contributed by atoms with Crippen LogP contribution >= 0.6 is 0 Å². The smallest absolute Gasteiger partial charge is 0.321 e. The molecular formula is C19H31N3O. The van der Waals surface area contributed by atoms with Gasteiger partial charge in [-0.05, 0) is 63.4 Å². The predicted octanol–water partition coefficient (Wildman–Crippen LogP) is 3.97. The summed E-state index contributed by atoms with van der Waals surface area (Å²) in [5.41, 5.74) is 2.04. The van der Waals surface area contributed by atoms with Gasteiger partial charge in [-0.25, -0.2) is 4.79 Å². The molecule has 0 spiro atoms. The molecule has 2 rings (SSSR count). The SMILES string of the molecule is Cc1cccc(NC(=O)N2CCC(N(C)CCC(C)C)CC2)c1. The molecule has 0 aromatic heterocycles. The predicted molar refractivity (Wildman–Crippen MR) is 96.9 cm³/mol. The van der Waals surface area contributed by atoms with Crippen LogP contribution in [0.15, 0.2) is 24.3 Å². The van der Waals surface area contributed by atoms with Crippen LogP contribution in [0.25, 0.3) is 0 Å². The maximum absolute atomic E-state index is 12.4. The highest BCUT2D eigenvalue weighted by Gasteiger charge is 2.25. The second-order valence-electron chi connectivity index (χ2n) is 7.18. The molecule has 4 nitrogen and oxygen atoms in total. The van der Waals surface area contributed by atoms with E-state index in [1.54, 1.807) is 0 Å². The van der Waals surface area contributed by atoms with Crippen LogP contribution in [-0.4, -0.2) is 48.6 Å². The molecule has 0 radical (unpaired) electrons. The molecule has 1 aliphatic heterocycles. The highest BCUT2D eigenvalue weighted by molar-refractivity contribution is 5.89. The fraction of sp³-hybridized carbons (Fsp3) is 0.632. The van der Waals surface area contributed by atoms with Crippen molar-refractivity contribution in [1.82, 2.24) is 9.80 Å². The van der Waals surface area contributed by atoms with Crippen molar-refractivity contribution >= 4 is 11.7 Å². The second kappa shape index (κ2) is 8.34. The molecule has 1 aliphatic rings. The van der Waals surface area contributed by atoms with Gasteiger partial charge in [-0.1, -0.05) is 26.0 Å². The van der Waals surface area contributed by atoms with Crippen LogP contribution in [-0.2, 0) is 0 Å². The van der Waals surface area contributed by atoms with Gasteiger partial charge >= 0.3 is 6.03 Å². The number of carbonyl (C=O) groups excluding carboxylic acids is 1. The van der Waals surface area contributed by atoms with Gasteiger partial charge in [0, 0.05) is 24.8 Å². The molecule has 23 heavy (non-hydrogen) atoms. The van der Waals surface area contributed by atoms with Gasteiger partial charge in [-0.3, -0.25) is 0 Å². The lowest BCUT2D eigenvalue weighted by atomic mass is 10.0. The van der Waals surface area contributed by atoms with E-state index in [4.69, 9.17) is 0 Å². The van der Waals surface area contributed by atoms with E-state index in [9.17, 15) is 4.79 Å². The number of anilines is 1. The quantitative estimate of drug-likeness (QED) is 0.892. The Morgan fingerprint density at radius 3 is 2.65 bits per heavy atom. The molecule has 128 valence electrons. The third-order valence-corrected chi connectivity index (χ3v) is 4.70. The van der Waals surface area contributed by atoms with E-state index in [-0.39, 0.29) is 6.03 Å². The average molecular weight is 317 g/mol. The van der Waals surface area contributed by atoms with Crippen LogP contribution in [0.1, 0.15) is 38.7 Å². The number of benzene rings is 1. The number of aryl methyl sites for hydroxylation is 1. The van der Waals surface area contributed by atoms with Crippen molar-refractivity contribution in [1.29, 1.82) is 0 Å². The number of hydrogen-bond donors (Lipinski definition) is 1. The fourth-order valence-corrected chi connectivity index (χ4v) is 3.08. The summed E-state index contributed by atoms with van der Waals surface area (Å²) in [4.78, 5) is 16.8. The minimum absolute atomic E-state index is 0.0267. The van der Waals surface area contributed by atoms with Crippen molar-refractivity contribution in [3.63, 3.8) is 0 Å². The molecule has 1 aromatic rings. The minimum atomic E-state index is 0.0267. The Morgan fingerprint density at radius 2 is 2.04 bits per heavy atom. The van der Waals surface area contributed by atoms with Gasteiger partial charge in [0.15, 0.2) is 0 Å². The number of carbonyl (C=O) groups is 1. The normalized spacial score (nSPS) is 16.2. The highest BCUT2D eigenvalue weighted by atomic mass is 16.2. The van der Waals surface area contributed by atoms with E-state index >= 15 is 0 Å². The number of amides is 2. The Labute approximate surface area is 140 Å². The van der Waals surface area contributed by atoms with Gasteiger partial charge in [0.25, 0.3) is 0 Å². The topological polar surface area (TPSA) is 35.6 Å². The van der Waals surface area contributed by atoms with E-state index in [1.807, 2.05) is 36.1 Å². The minimum Gasteiger partial charge on any atom is -0.324 e. The van der Waals surface area contributed by atoms with Crippen LogP contribution in [0.4, 0.5) is 10.5 Å². The molecule has 4 heteroatoms. The van der Waals surface area contributed by atoms with E-state index < -0.39 is 0 Å². The molecular weight excluding hydrogens is 286 g/mol. The lowest BCUT2D eigenvalue weighted by Gasteiger charge is -2.37. The zero-order valence-electron chi connectivity index (χ0n) is 15.0. The van der Waals surface area contributed by atoms with Crippen LogP contribution in [0.2, 0.25) is 0 Å². The first-order valence-corrected chi connectivity index (χ1v) is 8.78. The summed E-state index contributed by atoms with van der Waals surface area (Å²) in [5.74, 6) is 0.748. The van der Waals surface area contributed by atoms with Crippen molar-refractivity contribution < 1.29 is 4.79 Å². The molecule has 0 aliphatic carbocycles. The van der Waals surface area contributed by atoms with E-state index in [0.29, 0.717) is 6.04 Å². The fourth-order valence-electron chi connectivity index (χ4n) is 3.08. The molecule has 0 atom stereocenters. The van der Waals surface area contributed by atoms with E-state index in [0.717, 1.165) is 49.6 Å². The Kier molecular flexibility index (Phi) is 6.46. The first-order valence-electron chi connectivity index (χ1n) is 8.78. The molecule has 0 saturated carbocycles. The molecule has 0 bridgehead atoms. The summed E-state index contributed by atoms with van der Waals surface area (Å²) in [6, 6.07) is 8.59. The summed E-state index contributed by atoms with van der Waals surface area (Å²) in [7, 11) is 2.22. The summed E-state index contributed by atoms with van der Waals surface area (Å²) in [6.45, 7) is 9.41.